The SMILES string of the molecule is CC1CCC2(CCNCC2)[C@@H]1NC(=O)OC(C)(C)C. The second-order valence-electron chi connectivity index (χ2n) is 7.25. The Morgan fingerprint density at radius 2 is 1.89 bits per heavy atom. The number of hydrogen-bond acceptors (Lipinski definition) is 3. The van der Waals surface area contributed by atoms with Crippen LogP contribution < -0.4 is 10.6 Å². The quantitative estimate of drug-likeness (QED) is 0.768. The zero-order valence-corrected chi connectivity index (χ0v) is 12.7. The summed E-state index contributed by atoms with van der Waals surface area (Å²) in [7, 11) is 0. The van der Waals surface area contributed by atoms with Gasteiger partial charge in [0, 0.05) is 6.04 Å². The molecule has 19 heavy (non-hydrogen) atoms. The van der Waals surface area contributed by atoms with Crippen molar-refractivity contribution in [2.45, 2.75) is 65.0 Å². The van der Waals surface area contributed by atoms with Crippen molar-refractivity contribution in [1.29, 1.82) is 0 Å². The molecule has 2 N–H and O–H groups in total. The minimum atomic E-state index is -0.423. The highest BCUT2D eigenvalue weighted by Crippen LogP contribution is 2.47. The Morgan fingerprint density at radius 3 is 2.47 bits per heavy atom. The van der Waals surface area contributed by atoms with Crippen LogP contribution in [0, 0.1) is 11.3 Å². The lowest BCUT2D eigenvalue weighted by Crippen LogP contribution is -2.52. The van der Waals surface area contributed by atoms with E-state index in [-0.39, 0.29) is 12.1 Å². The number of carbonyl (C=O) groups is 1. The van der Waals surface area contributed by atoms with Crippen molar-refractivity contribution in [1.82, 2.24) is 10.6 Å². The Morgan fingerprint density at radius 1 is 1.26 bits per heavy atom. The Kier molecular flexibility index (Phi) is 4.09. The van der Waals surface area contributed by atoms with Gasteiger partial charge in [0.15, 0.2) is 0 Å². The van der Waals surface area contributed by atoms with E-state index in [1.54, 1.807) is 0 Å². The van der Waals surface area contributed by atoms with Gasteiger partial charge in [0.2, 0.25) is 0 Å². The summed E-state index contributed by atoms with van der Waals surface area (Å²) in [5.74, 6) is 0.547. The van der Waals surface area contributed by atoms with E-state index in [4.69, 9.17) is 4.74 Å². The first kappa shape index (κ1) is 14.6. The zero-order chi connectivity index (χ0) is 14.1. The fourth-order valence-corrected chi connectivity index (χ4v) is 3.66. The van der Waals surface area contributed by atoms with Crippen LogP contribution in [0.4, 0.5) is 4.79 Å². The van der Waals surface area contributed by atoms with Gasteiger partial charge < -0.3 is 15.4 Å². The van der Waals surface area contributed by atoms with E-state index >= 15 is 0 Å². The molecule has 1 amide bonds. The Labute approximate surface area is 116 Å². The third kappa shape index (κ3) is 3.41. The molecule has 1 unspecified atom stereocenters. The topological polar surface area (TPSA) is 50.4 Å². The van der Waals surface area contributed by atoms with Crippen LogP contribution in [0.25, 0.3) is 0 Å². The van der Waals surface area contributed by atoms with Crippen LogP contribution in [0.15, 0.2) is 0 Å². The van der Waals surface area contributed by atoms with E-state index in [1.807, 2.05) is 20.8 Å². The van der Waals surface area contributed by atoms with Crippen molar-refractivity contribution in [2.75, 3.05) is 13.1 Å². The molecule has 2 aliphatic rings. The fraction of sp³-hybridized carbons (Fsp3) is 0.933. The molecule has 1 spiro atoms. The molecule has 2 rings (SSSR count). The lowest BCUT2D eigenvalue weighted by molar-refractivity contribution is 0.0413. The van der Waals surface area contributed by atoms with Gasteiger partial charge in [-0.1, -0.05) is 6.92 Å². The first-order chi connectivity index (χ1) is 8.82. The fourth-order valence-electron chi connectivity index (χ4n) is 3.66. The van der Waals surface area contributed by atoms with Gasteiger partial charge in [-0.2, -0.15) is 0 Å². The molecule has 1 saturated carbocycles. The maximum absolute atomic E-state index is 12.0. The van der Waals surface area contributed by atoms with Gasteiger partial charge in [0.25, 0.3) is 0 Å². The maximum Gasteiger partial charge on any atom is 0.407 e. The smallest absolute Gasteiger partial charge is 0.407 e. The minimum Gasteiger partial charge on any atom is -0.444 e. The lowest BCUT2D eigenvalue weighted by atomic mass is 9.73. The third-order valence-corrected chi connectivity index (χ3v) is 4.60. The van der Waals surface area contributed by atoms with Crippen molar-refractivity contribution in [3.8, 4) is 0 Å². The molecule has 2 atom stereocenters. The van der Waals surface area contributed by atoms with Crippen molar-refractivity contribution < 1.29 is 9.53 Å². The molecule has 0 radical (unpaired) electrons. The Balaban J connectivity index is 2.01. The first-order valence-electron chi connectivity index (χ1n) is 7.53. The number of amides is 1. The molecule has 110 valence electrons. The van der Waals surface area contributed by atoms with Gasteiger partial charge in [-0.3, -0.25) is 0 Å². The highest BCUT2D eigenvalue weighted by molar-refractivity contribution is 5.68. The third-order valence-electron chi connectivity index (χ3n) is 4.60. The van der Waals surface area contributed by atoms with Gasteiger partial charge >= 0.3 is 6.09 Å². The molecule has 1 heterocycles. The molecule has 4 heteroatoms. The Hall–Kier alpha value is -0.770. The van der Waals surface area contributed by atoms with Crippen molar-refractivity contribution in [3.05, 3.63) is 0 Å². The number of carbonyl (C=O) groups excluding carboxylic acids is 1. The van der Waals surface area contributed by atoms with E-state index in [0.29, 0.717) is 11.3 Å². The largest absolute Gasteiger partial charge is 0.444 e. The van der Waals surface area contributed by atoms with Gasteiger partial charge in [0.05, 0.1) is 0 Å². The summed E-state index contributed by atoms with van der Waals surface area (Å²) in [6, 6.07) is 0.268. The van der Waals surface area contributed by atoms with E-state index in [0.717, 1.165) is 25.9 Å². The summed E-state index contributed by atoms with van der Waals surface area (Å²) in [5, 5.41) is 6.58. The zero-order valence-electron chi connectivity index (χ0n) is 12.7. The number of hydrogen-bond donors (Lipinski definition) is 2. The minimum absolute atomic E-state index is 0.260. The van der Waals surface area contributed by atoms with E-state index in [2.05, 4.69) is 17.6 Å². The lowest BCUT2D eigenvalue weighted by Gasteiger charge is -2.40. The predicted octanol–water partition coefficient (Wildman–Crippen LogP) is 2.68. The average Bonchev–Trinajstić information content (AvgIpc) is 2.57. The average molecular weight is 268 g/mol. The second-order valence-corrected chi connectivity index (χ2v) is 7.25. The number of ether oxygens (including phenoxy) is 1. The summed E-state index contributed by atoms with van der Waals surface area (Å²) in [5.41, 5.74) is -0.130. The monoisotopic (exact) mass is 268 g/mol. The molecule has 0 aromatic carbocycles. The molecular weight excluding hydrogens is 240 g/mol. The summed E-state index contributed by atoms with van der Waals surface area (Å²) < 4.78 is 5.42. The molecule has 2 fully saturated rings. The number of rotatable bonds is 1. The summed E-state index contributed by atoms with van der Waals surface area (Å²) >= 11 is 0. The van der Waals surface area contributed by atoms with E-state index < -0.39 is 5.60 Å². The summed E-state index contributed by atoms with van der Waals surface area (Å²) in [4.78, 5) is 12.0. The van der Waals surface area contributed by atoms with Crippen LogP contribution in [-0.4, -0.2) is 30.8 Å². The highest BCUT2D eigenvalue weighted by Gasteiger charge is 2.48. The first-order valence-corrected chi connectivity index (χ1v) is 7.53. The molecule has 0 bridgehead atoms. The molecule has 1 aliphatic carbocycles. The van der Waals surface area contributed by atoms with Gasteiger partial charge in [0.1, 0.15) is 5.60 Å². The van der Waals surface area contributed by atoms with Crippen LogP contribution >= 0.6 is 0 Å². The highest BCUT2D eigenvalue weighted by atomic mass is 16.6. The molecular formula is C15H28N2O2. The van der Waals surface area contributed by atoms with Crippen LogP contribution in [-0.2, 0) is 4.74 Å². The van der Waals surface area contributed by atoms with Crippen LogP contribution in [0.5, 0.6) is 0 Å². The molecule has 1 aliphatic heterocycles. The number of nitrogens with one attached hydrogen (secondary N) is 2. The van der Waals surface area contributed by atoms with Crippen LogP contribution in [0.1, 0.15) is 53.4 Å². The molecule has 0 aromatic rings. The Bertz CT molecular complexity index is 324. The second kappa shape index (κ2) is 5.31. The predicted molar refractivity (Wildman–Crippen MR) is 76.1 cm³/mol. The summed E-state index contributed by atoms with van der Waals surface area (Å²) in [6.07, 6.45) is 4.51. The van der Waals surface area contributed by atoms with Gasteiger partial charge in [-0.15, -0.1) is 0 Å². The summed E-state index contributed by atoms with van der Waals surface area (Å²) in [6.45, 7) is 10.1. The normalized spacial score (nSPS) is 30.3. The maximum atomic E-state index is 12.0. The van der Waals surface area contributed by atoms with Crippen LogP contribution in [0.2, 0.25) is 0 Å². The van der Waals surface area contributed by atoms with Gasteiger partial charge in [-0.05, 0) is 70.9 Å². The number of alkyl carbamates (subject to hydrolysis) is 1. The molecule has 4 nitrogen and oxygen atoms in total. The van der Waals surface area contributed by atoms with E-state index in [1.165, 1.54) is 12.8 Å². The van der Waals surface area contributed by atoms with Crippen molar-refractivity contribution in [3.63, 3.8) is 0 Å². The van der Waals surface area contributed by atoms with Crippen molar-refractivity contribution >= 4 is 6.09 Å². The number of piperidine rings is 1. The standard InChI is InChI=1S/C15H28N2O2/c1-11-5-6-15(7-9-16-10-8-15)12(11)17-13(18)19-14(2,3)4/h11-12,16H,5-10H2,1-4H3,(H,17,18)/t11?,12-/m1/s1. The molecule has 0 aromatic heterocycles. The molecule has 1 saturated heterocycles. The van der Waals surface area contributed by atoms with Crippen molar-refractivity contribution in [2.24, 2.45) is 11.3 Å². The van der Waals surface area contributed by atoms with E-state index in [9.17, 15) is 4.79 Å². The van der Waals surface area contributed by atoms with Gasteiger partial charge in [-0.25, -0.2) is 4.79 Å². The van der Waals surface area contributed by atoms with Crippen LogP contribution in [0.3, 0.4) is 0 Å².